The summed E-state index contributed by atoms with van der Waals surface area (Å²) in [6, 6.07) is 0. The number of carbonyl (C=O) groups is 1. The summed E-state index contributed by atoms with van der Waals surface area (Å²) in [5, 5.41) is 0. The highest BCUT2D eigenvalue weighted by Gasteiger charge is 1.86. The topological polar surface area (TPSA) is 43.1 Å². The SMILES string of the molecule is O=CCCC=Cc1ncco1. The van der Waals surface area contributed by atoms with Crippen molar-refractivity contribution in [1.29, 1.82) is 0 Å². The quantitative estimate of drug-likeness (QED) is 0.485. The van der Waals surface area contributed by atoms with Crippen LogP contribution in [0.5, 0.6) is 0 Å². The molecule has 1 rings (SSSR count). The summed E-state index contributed by atoms with van der Waals surface area (Å²) < 4.78 is 4.93. The van der Waals surface area contributed by atoms with E-state index >= 15 is 0 Å². The van der Waals surface area contributed by atoms with Crippen LogP contribution in [0.25, 0.3) is 6.08 Å². The first-order valence-corrected chi connectivity index (χ1v) is 3.43. The average molecular weight is 151 g/mol. The molecule has 0 aliphatic heterocycles. The molecule has 0 saturated heterocycles. The van der Waals surface area contributed by atoms with Crippen molar-refractivity contribution in [1.82, 2.24) is 4.98 Å². The molecule has 0 saturated carbocycles. The third-order valence-corrected chi connectivity index (χ3v) is 1.16. The van der Waals surface area contributed by atoms with Crippen LogP contribution in [0.4, 0.5) is 0 Å². The molecule has 1 aromatic rings. The highest BCUT2D eigenvalue weighted by Crippen LogP contribution is 1.98. The van der Waals surface area contributed by atoms with Gasteiger partial charge in [0.15, 0.2) is 0 Å². The Morgan fingerprint density at radius 3 is 3.09 bits per heavy atom. The van der Waals surface area contributed by atoms with Gasteiger partial charge >= 0.3 is 0 Å². The molecular weight excluding hydrogens is 142 g/mol. The summed E-state index contributed by atoms with van der Waals surface area (Å²) in [7, 11) is 0. The normalized spacial score (nSPS) is 10.5. The lowest BCUT2D eigenvalue weighted by Crippen LogP contribution is -1.71. The molecule has 0 aliphatic rings. The molecule has 0 unspecified atom stereocenters. The van der Waals surface area contributed by atoms with Crippen LogP contribution in [0, 0.1) is 0 Å². The van der Waals surface area contributed by atoms with Crippen LogP contribution in [-0.4, -0.2) is 11.3 Å². The Balaban J connectivity index is 2.31. The monoisotopic (exact) mass is 151 g/mol. The van der Waals surface area contributed by atoms with Crippen LogP contribution in [-0.2, 0) is 4.79 Å². The van der Waals surface area contributed by atoms with Gasteiger partial charge < -0.3 is 9.21 Å². The lowest BCUT2D eigenvalue weighted by atomic mass is 10.3. The zero-order chi connectivity index (χ0) is 7.94. The van der Waals surface area contributed by atoms with Crippen molar-refractivity contribution in [2.45, 2.75) is 12.8 Å². The smallest absolute Gasteiger partial charge is 0.218 e. The molecule has 11 heavy (non-hydrogen) atoms. The Morgan fingerprint density at radius 1 is 1.55 bits per heavy atom. The molecule has 0 N–H and O–H groups in total. The van der Waals surface area contributed by atoms with Gasteiger partial charge in [-0.3, -0.25) is 0 Å². The first kappa shape index (κ1) is 7.72. The summed E-state index contributed by atoms with van der Waals surface area (Å²) in [5.41, 5.74) is 0. The molecule has 0 bridgehead atoms. The standard InChI is InChI=1S/C8H9NO2/c10-6-3-1-2-4-8-9-5-7-11-8/h2,4-7H,1,3H2. The van der Waals surface area contributed by atoms with Crippen molar-refractivity contribution >= 4 is 12.4 Å². The molecule has 3 nitrogen and oxygen atoms in total. The number of hydrogen-bond donors (Lipinski definition) is 0. The summed E-state index contributed by atoms with van der Waals surface area (Å²) in [5.74, 6) is 0.580. The maximum atomic E-state index is 9.89. The first-order chi connectivity index (χ1) is 5.43. The Morgan fingerprint density at radius 2 is 2.45 bits per heavy atom. The number of oxazole rings is 1. The predicted octanol–water partition coefficient (Wildman–Crippen LogP) is 1.67. The van der Waals surface area contributed by atoms with E-state index in [1.54, 1.807) is 12.3 Å². The molecule has 58 valence electrons. The minimum Gasteiger partial charge on any atom is -0.445 e. The highest BCUT2D eigenvalue weighted by atomic mass is 16.3. The fourth-order valence-corrected chi connectivity index (χ4v) is 0.665. The van der Waals surface area contributed by atoms with Gasteiger partial charge in [-0.25, -0.2) is 4.98 Å². The fraction of sp³-hybridized carbons (Fsp3) is 0.250. The van der Waals surface area contributed by atoms with Crippen molar-refractivity contribution in [2.75, 3.05) is 0 Å². The third-order valence-electron chi connectivity index (χ3n) is 1.16. The number of aldehydes is 1. The van der Waals surface area contributed by atoms with Gasteiger partial charge in [-0.05, 0) is 12.5 Å². The molecule has 3 heteroatoms. The molecule has 0 aliphatic carbocycles. The maximum absolute atomic E-state index is 9.89. The first-order valence-electron chi connectivity index (χ1n) is 3.43. The van der Waals surface area contributed by atoms with Crippen LogP contribution in [0.1, 0.15) is 18.7 Å². The number of carbonyl (C=O) groups excluding carboxylic acids is 1. The minimum atomic E-state index is 0.553. The fourth-order valence-electron chi connectivity index (χ4n) is 0.665. The number of rotatable bonds is 4. The number of aromatic nitrogens is 1. The largest absolute Gasteiger partial charge is 0.445 e. The van der Waals surface area contributed by atoms with E-state index in [-0.39, 0.29) is 0 Å². The lowest BCUT2D eigenvalue weighted by molar-refractivity contribution is -0.107. The van der Waals surface area contributed by atoms with Crippen molar-refractivity contribution < 1.29 is 9.21 Å². The van der Waals surface area contributed by atoms with Crippen LogP contribution >= 0.6 is 0 Å². The number of nitrogens with zero attached hydrogens (tertiary/aromatic N) is 1. The van der Waals surface area contributed by atoms with Gasteiger partial charge in [0, 0.05) is 6.42 Å². The van der Waals surface area contributed by atoms with Gasteiger partial charge in [0.1, 0.15) is 12.5 Å². The van der Waals surface area contributed by atoms with Crippen LogP contribution < -0.4 is 0 Å². The van der Waals surface area contributed by atoms with Crippen molar-refractivity contribution in [3.63, 3.8) is 0 Å². The summed E-state index contributed by atoms with van der Waals surface area (Å²) in [4.78, 5) is 13.8. The second-order valence-electron chi connectivity index (χ2n) is 2.02. The molecule has 0 atom stereocenters. The molecule has 1 heterocycles. The van der Waals surface area contributed by atoms with E-state index in [0.717, 1.165) is 12.7 Å². The molecule has 0 aromatic carbocycles. The van der Waals surface area contributed by atoms with E-state index in [9.17, 15) is 4.79 Å². The van der Waals surface area contributed by atoms with Crippen molar-refractivity contribution in [2.24, 2.45) is 0 Å². The molecule has 1 aromatic heterocycles. The Kier molecular flexibility index (Phi) is 3.12. The highest BCUT2D eigenvalue weighted by molar-refractivity contribution is 5.50. The Hall–Kier alpha value is -1.38. The summed E-state index contributed by atoms with van der Waals surface area (Å²) in [6.07, 6.45) is 8.89. The van der Waals surface area contributed by atoms with Crippen LogP contribution in [0.2, 0.25) is 0 Å². The van der Waals surface area contributed by atoms with Crippen LogP contribution in [0.15, 0.2) is 23.0 Å². The van der Waals surface area contributed by atoms with Gasteiger partial charge in [-0.2, -0.15) is 0 Å². The minimum absolute atomic E-state index is 0.553. The van der Waals surface area contributed by atoms with Gasteiger partial charge in [0.25, 0.3) is 0 Å². The van der Waals surface area contributed by atoms with E-state index in [2.05, 4.69) is 4.98 Å². The summed E-state index contributed by atoms with van der Waals surface area (Å²) >= 11 is 0. The number of allylic oxidation sites excluding steroid dienone is 1. The Bertz CT molecular complexity index is 226. The lowest BCUT2D eigenvalue weighted by Gasteiger charge is -1.81. The number of hydrogen-bond acceptors (Lipinski definition) is 3. The molecule has 0 spiro atoms. The second-order valence-corrected chi connectivity index (χ2v) is 2.02. The Labute approximate surface area is 64.7 Å². The van der Waals surface area contributed by atoms with E-state index in [4.69, 9.17) is 4.42 Å². The molecule has 0 radical (unpaired) electrons. The summed E-state index contributed by atoms with van der Waals surface area (Å²) in [6.45, 7) is 0. The van der Waals surface area contributed by atoms with Crippen molar-refractivity contribution in [3.8, 4) is 0 Å². The van der Waals surface area contributed by atoms with Gasteiger partial charge in [-0.15, -0.1) is 0 Å². The maximum Gasteiger partial charge on any atom is 0.218 e. The zero-order valence-corrected chi connectivity index (χ0v) is 6.06. The van der Waals surface area contributed by atoms with E-state index in [1.165, 1.54) is 6.26 Å². The van der Waals surface area contributed by atoms with Crippen molar-refractivity contribution in [3.05, 3.63) is 24.4 Å². The third kappa shape index (κ3) is 2.80. The van der Waals surface area contributed by atoms with Gasteiger partial charge in [0.2, 0.25) is 5.89 Å². The average Bonchev–Trinajstić information content (AvgIpc) is 2.50. The van der Waals surface area contributed by atoms with E-state index in [0.29, 0.717) is 12.3 Å². The predicted molar refractivity (Wildman–Crippen MR) is 40.8 cm³/mol. The molecular formula is C8H9NO2. The number of unbranched alkanes of at least 4 members (excludes halogenated alkanes) is 1. The van der Waals surface area contributed by atoms with E-state index < -0.39 is 0 Å². The van der Waals surface area contributed by atoms with Crippen LogP contribution in [0.3, 0.4) is 0 Å². The van der Waals surface area contributed by atoms with Gasteiger partial charge in [0.05, 0.1) is 6.20 Å². The molecule has 0 fully saturated rings. The van der Waals surface area contributed by atoms with E-state index in [1.807, 2.05) is 6.08 Å². The molecule has 0 amide bonds. The second kappa shape index (κ2) is 4.44. The zero-order valence-electron chi connectivity index (χ0n) is 6.06. The van der Waals surface area contributed by atoms with Gasteiger partial charge in [-0.1, -0.05) is 6.08 Å².